The number of carbonyl (C=O) groups excluding carboxylic acids is 1. The van der Waals surface area contributed by atoms with Crippen LogP contribution in [0.2, 0.25) is 0 Å². The minimum absolute atomic E-state index is 0.117. The molecule has 0 saturated carbocycles. The Kier molecular flexibility index (Phi) is 6.42. The van der Waals surface area contributed by atoms with Gasteiger partial charge in [0, 0.05) is 31.1 Å². The van der Waals surface area contributed by atoms with Gasteiger partial charge in [-0.2, -0.15) is 0 Å². The second-order valence-corrected chi connectivity index (χ2v) is 6.64. The molecule has 5 nitrogen and oxygen atoms in total. The van der Waals surface area contributed by atoms with E-state index in [0.29, 0.717) is 6.54 Å². The lowest BCUT2D eigenvalue weighted by Crippen LogP contribution is -2.44. The first-order valence-electron chi connectivity index (χ1n) is 6.87. The van der Waals surface area contributed by atoms with E-state index in [1.807, 2.05) is 45.5 Å². The van der Waals surface area contributed by atoms with Crippen LogP contribution in [-0.4, -0.2) is 40.7 Å². The molecule has 1 aromatic heterocycles. The third-order valence-corrected chi connectivity index (χ3v) is 3.21. The molecule has 0 saturated heterocycles. The molecule has 0 aromatic carbocycles. The summed E-state index contributed by atoms with van der Waals surface area (Å²) in [6, 6.07) is 0.117. The van der Waals surface area contributed by atoms with Gasteiger partial charge in [-0.05, 0) is 34.6 Å². The molecule has 20 heavy (non-hydrogen) atoms. The molecule has 0 atom stereocenters. The van der Waals surface area contributed by atoms with Gasteiger partial charge in [-0.25, -0.2) is 9.78 Å². The fourth-order valence-electron chi connectivity index (χ4n) is 1.62. The summed E-state index contributed by atoms with van der Waals surface area (Å²) >= 11 is 1.58. The molecule has 0 spiro atoms. The molecule has 0 aliphatic carbocycles. The van der Waals surface area contributed by atoms with Crippen LogP contribution in [0.25, 0.3) is 0 Å². The first-order valence-corrected chi connectivity index (χ1v) is 7.81. The minimum atomic E-state index is -0.460. The van der Waals surface area contributed by atoms with Gasteiger partial charge in [0.25, 0.3) is 0 Å². The Bertz CT molecular complexity index is 399. The van der Waals surface area contributed by atoms with Crippen LogP contribution in [0.4, 0.5) is 4.79 Å². The summed E-state index contributed by atoms with van der Waals surface area (Å²) in [5.74, 6) is 0. The normalized spacial score (nSPS) is 11.7. The number of amides is 1. The van der Waals surface area contributed by atoms with Gasteiger partial charge in [-0.1, -0.05) is 0 Å². The second-order valence-electron chi connectivity index (χ2n) is 5.92. The average molecular weight is 299 g/mol. The van der Waals surface area contributed by atoms with Gasteiger partial charge in [-0.15, -0.1) is 11.3 Å². The summed E-state index contributed by atoms with van der Waals surface area (Å²) in [6.45, 7) is 11.7. The number of ether oxygens (including phenoxy) is 1. The molecule has 1 amide bonds. The van der Waals surface area contributed by atoms with E-state index < -0.39 is 5.60 Å². The Morgan fingerprint density at radius 3 is 2.70 bits per heavy atom. The fraction of sp³-hybridized carbons (Fsp3) is 0.714. The van der Waals surface area contributed by atoms with E-state index in [2.05, 4.69) is 10.3 Å². The van der Waals surface area contributed by atoms with Crippen molar-refractivity contribution in [3.8, 4) is 0 Å². The van der Waals surface area contributed by atoms with Gasteiger partial charge in [0.2, 0.25) is 0 Å². The van der Waals surface area contributed by atoms with Crippen molar-refractivity contribution in [2.75, 3.05) is 13.1 Å². The maximum Gasteiger partial charge on any atom is 0.410 e. The molecule has 1 aromatic rings. The highest BCUT2D eigenvalue weighted by Gasteiger charge is 2.23. The predicted octanol–water partition coefficient (Wildman–Crippen LogP) is 2.88. The Morgan fingerprint density at radius 2 is 2.20 bits per heavy atom. The molecule has 0 fully saturated rings. The second kappa shape index (κ2) is 7.59. The van der Waals surface area contributed by atoms with E-state index in [4.69, 9.17) is 4.74 Å². The van der Waals surface area contributed by atoms with Crippen molar-refractivity contribution in [3.63, 3.8) is 0 Å². The Labute approximate surface area is 125 Å². The fourth-order valence-corrected chi connectivity index (χ4v) is 2.18. The maximum absolute atomic E-state index is 12.1. The number of carbonyl (C=O) groups is 1. The first kappa shape index (κ1) is 16.9. The SMILES string of the molecule is CC(C)N(CCNCc1cscn1)C(=O)OC(C)(C)C. The number of nitrogens with zero attached hydrogens (tertiary/aromatic N) is 2. The predicted molar refractivity (Wildman–Crippen MR) is 81.9 cm³/mol. The lowest BCUT2D eigenvalue weighted by atomic mass is 10.2. The molecule has 0 radical (unpaired) electrons. The summed E-state index contributed by atoms with van der Waals surface area (Å²) in [5, 5.41) is 5.30. The van der Waals surface area contributed by atoms with Crippen LogP contribution in [0.5, 0.6) is 0 Å². The molecule has 1 rings (SSSR count). The number of rotatable bonds is 6. The highest BCUT2D eigenvalue weighted by molar-refractivity contribution is 7.07. The van der Waals surface area contributed by atoms with E-state index >= 15 is 0 Å². The van der Waals surface area contributed by atoms with Crippen LogP contribution in [0.1, 0.15) is 40.3 Å². The zero-order valence-corrected chi connectivity index (χ0v) is 13.8. The van der Waals surface area contributed by atoms with Crippen LogP contribution in [0.3, 0.4) is 0 Å². The summed E-state index contributed by atoms with van der Waals surface area (Å²) in [4.78, 5) is 18.0. The quantitative estimate of drug-likeness (QED) is 0.821. The van der Waals surface area contributed by atoms with Crippen LogP contribution in [-0.2, 0) is 11.3 Å². The Balaban J connectivity index is 2.37. The standard InChI is InChI=1S/C14H25N3O2S/c1-11(2)17(13(18)19-14(3,4)5)7-6-15-8-12-9-20-10-16-12/h9-11,15H,6-8H2,1-5H3. The van der Waals surface area contributed by atoms with E-state index in [1.54, 1.807) is 16.2 Å². The molecule has 114 valence electrons. The van der Waals surface area contributed by atoms with Crippen molar-refractivity contribution in [2.45, 2.75) is 52.8 Å². The van der Waals surface area contributed by atoms with Crippen LogP contribution >= 0.6 is 11.3 Å². The molecule has 1 N–H and O–H groups in total. The van der Waals surface area contributed by atoms with Crippen molar-refractivity contribution in [1.82, 2.24) is 15.2 Å². The Morgan fingerprint density at radius 1 is 1.50 bits per heavy atom. The maximum atomic E-state index is 12.1. The number of hydrogen-bond donors (Lipinski definition) is 1. The summed E-state index contributed by atoms with van der Waals surface area (Å²) in [6.07, 6.45) is -0.261. The average Bonchev–Trinajstić information content (AvgIpc) is 2.78. The summed E-state index contributed by atoms with van der Waals surface area (Å²) in [5.41, 5.74) is 2.39. The van der Waals surface area contributed by atoms with Crippen molar-refractivity contribution in [1.29, 1.82) is 0 Å². The molecule has 0 bridgehead atoms. The molecule has 1 heterocycles. The summed E-state index contributed by atoms with van der Waals surface area (Å²) < 4.78 is 5.41. The van der Waals surface area contributed by atoms with E-state index in [1.165, 1.54) is 0 Å². The van der Waals surface area contributed by atoms with Crippen LogP contribution < -0.4 is 5.32 Å². The topological polar surface area (TPSA) is 54.5 Å². The molecule has 0 unspecified atom stereocenters. The van der Waals surface area contributed by atoms with E-state index in [0.717, 1.165) is 18.8 Å². The van der Waals surface area contributed by atoms with Gasteiger partial charge in [-0.3, -0.25) is 0 Å². The molecular weight excluding hydrogens is 274 g/mol. The van der Waals surface area contributed by atoms with Crippen LogP contribution in [0.15, 0.2) is 10.9 Å². The van der Waals surface area contributed by atoms with E-state index in [-0.39, 0.29) is 12.1 Å². The minimum Gasteiger partial charge on any atom is -0.444 e. The third-order valence-electron chi connectivity index (χ3n) is 2.57. The summed E-state index contributed by atoms with van der Waals surface area (Å²) in [7, 11) is 0. The van der Waals surface area contributed by atoms with Gasteiger partial charge in [0.1, 0.15) is 5.60 Å². The van der Waals surface area contributed by atoms with Gasteiger partial charge < -0.3 is 15.0 Å². The van der Waals surface area contributed by atoms with Gasteiger partial charge >= 0.3 is 6.09 Å². The van der Waals surface area contributed by atoms with Crippen molar-refractivity contribution < 1.29 is 9.53 Å². The lowest BCUT2D eigenvalue weighted by Gasteiger charge is -2.30. The molecule has 6 heteroatoms. The zero-order chi connectivity index (χ0) is 15.2. The lowest BCUT2D eigenvalue weighted by molar-refractivity contribution is 0.0193. The smallest absolute Gasteiger partial charge is 0.410 e. The Hall–Kier alpha value is -1.14. The van der Waals surface area contributed by atoms with Crippen molar-refractivity contribution >= 4 is 17.4 Å². The highest BCUT2D eigenvalue weighted by atomic mass is 32.1. The number of aromatic nitrogens is 1. The molecule has 0 aliphatic heterocycles. The zero-order valence-electron chi connectivity index (χ0n) is 13.0. The van der Waals surface area contributed by atoms with Gasteiger partial charge in [0.15, 0.2) is 0 Å². The highest BCUT2D eigenvalue weighted by Crippen LogP contribution is 2.11. The van der Waals surface area contributed by atoms with Crippen molar-refractivity contribution in [2.24, 2.45) is 0 Å². The van der Waals surface area contributed by atoms with Gasteiger partial charge in [0.05, 0.1) is 11.2 Å². The number of nitrogens with one attached hydrogen (secondary N) is 1. The first-order chi connectivity index (χ1) is 9.29. The van der Waals surface area contributed by atoms with Crippen LogP contribution in [0, 0.1) is 0 Å². The molecule has 0 aliphatic rings. The monoisotopic (exact) mass is 299 g/mol. The number of hydrogen-bond acceptors (Lipinski definition) is 5. The third kappa shape index (κ3) is 6.34. The molecular formula is C14H25N3O2S. The largest absolute Gasteiger partial charge is 0.444 e. The van der Waals surface area contributed by atoms with E-state index in [9.17, 15) is 4.79 Å². The van der Waals surface area contributed by atoms with Crippen molar-refractivity contribution in [3.05, 3.63) is 16.6 Å². The number of thiazole rings is 1.